The zero-order chi connectivity index (χ0) is 17.9. The minimum absolute atomic E-state index is 0.197. The molecule has 0 aromatic heterocycles. The van der Waals surface area contributed by atoms with E-state index >= 15 is 0 Å². The van der Waals surface area contributed by atoms with Crippen LogP contribution in [0.1, 0.15) is 18.5 Å². The van der Waals surface area contributed by atoms with Gasteiger partial charge in [0.05, 0.1) is 5.69 Å². The Morgan fingerprint density at radius 1 is 1.04 bits per heavy atom. The maximum absolute atomic E-state index is 13.6. The van der Waals surface area contributed by atoms with E-state index in [9.17, 15) is 26.7 Å². The van der Waals surface area contributed by atoms with E-state index in [2.05, 4.69) is 5.32 Å². The van der Waals surface area contributed by atoms with Crippen LogP contribution < -0.4 is 10.6 Å². The first kappa shape index (κ1) is 17.9. The predicted octanol–water partition coefficient (Wildman–Crippen LogP) is 2.65. The number of quaternary nitrogens is 1. The number of carbonyl (C=O) groups is 1. The van der Waals surface area contributed by atoms with Gasteiger partial charge in [-0.15, -0.1) is 0 Å². The summed E-state index contributed by atoms with van der Waals surface area (Å²) in [7, 11) is 0. The third-order valence-corrected chi connectivity index (χ3v) is 3.42. The van der Waals surface area contributed by atoms with Crippen molar-refractivity contribution in [1.82, 2.24) is 0 Å². The normalized spacial score (nSPS) is 12.1. The van der Waals surface area contributed by atoms with E-state index in [0.717, 1.165) is 18.2 Å². The lowest BCUT2D eigenvalue weighted by Gasteiger charge is -2.12. The topological polar surface area (TPSA) is 45.7 Å². The van der Waals surface area contributed by atoms with E-state index in [1.165, 1.54) is 11.4 Å². The Balaban J connectivity index is 1.97. The van der Waals surface area contributed by atoms with Crippen LogP contribution in [-0.4, -0.2) is 12.5 Å². The highest BCUT2D eigenvalue weighted by Crippen LogP contribution is 2.19. The Labute approximate surface area is 134 Å². The van der Waals surface area contributed by atoms with Crippen molar-refractivity contribution in [3.8, 4) is 0 Å². The molecular weight excluding hydrogens is 331 g/mol. The molecule has 8 heteroatoms. The van der Waals surface area contributed by atoms with E-state index in [4.69, 9.17) is 0 Å². The van der Waals surface area contributed by atoms with Crippen molar-refractivity contribution in [2.75, 3.05) is 11.9 Å². The maximum atomic E-state index is 13.6. The van der Waals surface area contributed by atoms with Crippen LogP contribution in [0.15, 0.2) is 30.3 Å². The van der Waals surface area contributed by atoms with Gasteiger partial charge in [-0.25, -0.2) is 22.0 Å². The second-order valence-electron chi connectivity index (χ2n) is 5.17. The molecule has 0 aliphatic heterocycles. The summed E-state index contributed by atoms with van der Waals surface area (Å²) in [6.45, 7) is 1.37. The molecule has 2 aromatic rings. The first-order chi connectivity index (χ1) is 11.3. The summed E-state index contributed by atoms with van der Waals surface area (Å²) in [5, 5.41) is 3.54. The average Bonchev–Trinajstić information content (AvgIpc) is 2.53. The molecule has 2 aromatic carbocycles. The van der Waals surface area contributed by atoms with Crippen molar-refractivity contribution in [2.24, 2.45) is 0 Å². The largest absolute Gasteiger partial charge is 0.332 e. The van der Waals surface area contributed by atoms with E-state index in [0.29, 0.717) is 6.07 Å². The molecule has 3 N–H and O–H groups in total. The van der Waals surface area contributed by atoms with E-state index < -0.39 is 46.7 Å². The van der Waals surface area contributed by atoms with Crippen molar-refractivity contribution in [1.29, 1.82) is 0 Å². The van der Waals surface area contributed by atoms with Gasteiger partial charge >= 0.3 is 0 Å². The summed E-state index contributed by atoms with van der Waals surface area (Å²) in [5.74, 6) is -6.69. The van der Waals surface area contributed by atoms with Crippen LogP contribution in [0.3, 0.4) is 0 Å². The quantitative estimate of drug-likeness (QED) is 0.635. The van der Waals surface area contributed by atoms with Crippen molar-refractivity contribution < 1.29 is 32.1 Å². The molecule has 0 fully saturated rings. The monoisotopic (exact) mass is 345 g/mol. The first-order valence-corrected chi connectivity index (χ1v) is 7.01. The lowest BCUT2D eigenvalue weighted by molar-refractivity contribution is -0.682. The molecule has 0 heterocycles. The van der Waals surface area contributed by atoms with Crippen LogP contribution in [0.5, 0.6) is 0 Å². The fourth-order valence-electron chi connectivity index (χ4n) is 2.11. The smallest absolute Gasteiger partial charge is 0.279 e. The lowest BCUT2D eigenvalue weighted by Crippen LogP contribution is -2.86. The summed E-state index contributed by atoms with van der Waals surface area (Å²) in [6.07, 6.45) is 0. The number of halogens is 5. The highest BCUT2D eigenvalue weighted by molar-refractivity contribution is 5.91. The van der Waals surface area contributed by atoms with E-state index in [1.807, 2.05) is 0 Å². The van der Waals surface area contributed by atoms with Gasteiger partial charge in [-0.2, -0.15) is 0 Å². The van der Waals surface area contributed by atoms with Gasteiger partial charge in [0.15, 0.2) is 24.0 Å². The van der Waals surface area contributed by atoms with Crippen LogP contribution >= 0.6 is 0 Å². The molecule has 0 unspecified atom stereocenters. The van der Waals surface area contributed by atoms with Gasteiger partial charge in [0.2, 0.25) is 0 Å². The van der Waals surface area contributed by atoms with Crippen LogP contribution in [0.2, 0.25) is 0 Å². The summed E-state index contributed by atoms with van der Waals surface area (Å²) < 4.78 is 65.8. The summed E-state index contributed by atoms with van der Waals surface area (Å²) in [6, 6.07) is 4.17. The lowest BCUT2D eigenvalue weighted by atomic mass is 10.1. The van der Waals surface area contributed by atoms with Gasteiger partial charge in [-0.1, -0.05) is 0 Å². The second-order valence-corrected chi connectivity index (χ2v) is 5.17. The van der Waals surface area contributed by atoms with Crippen molar-refractivity contribution >= 4 is 11.6 Å². The molecule has 0 aliphatic carbocycles. The molecule has 2 rings (SSSR count). The molecule has 1 amide bonds. The third kappa shape index (κ3) is 4.08. The molecule has 3 nitrogen and oxygen atoms in total. The average molecular weight is 345 g/mol. The molecule has 0 saturated heterocycles. The minimum atomic E-state index is -1.68. The van der Waals surface area contributed by atoms with Gasteiger partial charge in [-0.05, 0) is 31.2 Å². The van der Waals surface area contributed by atoms with Gasteiger partial charge in [0.1, 0.15) is 17.7 Å². The van der Waals surface area contributed by atoms with Crippen LogP contribution in [0, 0.1) is 29.1 Å². The zero-order valence-corrected chi connectivity index (χ0v) is 12.5. The number of nitrogens with one attached hydrogen (secondary N) is 1. The molecule has 1 atom stereocenters. The maximum Gasteiger partial charge on any atom is 0.279 e. The number of rotatable bonds is 5. The SMILES string of the molecule is C[C@H]([NH2+]CC(=O)Nc1ccc(F)c(F)c1F)c1ccc(F)cc1F. The van der Waals surface area contributed by atoms with Crippen LogP contribution in [0.25, 0.3) is 0 Å². The summed E-state index contributed by atoms with van der Waals surface area (Å²) in [4.78, 5) is 11.8. The standard InChI is InChI=1S/C16H13F5N2O/c1-8(10-3-2-9(17)6-12(10)19)22-7-14(24)23-13-5-4-11(18)15(20)16(13)21/h2-6,8,22H,7H2,1H3,(H,23,24)/p+1/t8-/m0/s1. The van der Waals surface area contributed by atoms with Gasteiger partial charge in [-0.3, -0.25) is 4.79 Å². The van der Waals surface area contributed by atoms with Gasteiger partial charge < -0.3 is 10.6 Å². The summed E-state index contributed by atoms with van der Waals surface area (Å²) in [5.41, 5.74) is -0.295. The highest BCUT2D eigenvalue weighted by atomic mass is 19.2. The van der Waals surface area contributed by atoms with Crippen molar-refractivity contribution in [3.05, 3.63) is 65.0 Å². The Morgan fingerprint density at radius 3 is 2.42 bits per heavy atom. The highest BCUT2D eigenvalue weighted by Gasteiger charge is 2.18. The molecule has 0 spiro atoms. The van der Waals surface area contributed by atoms with E-state index in [-0.39, 0.29) is 12.1 Å². The number of benzene rings is 2. The molecule has 128 valence electrons. The minimum Gasteiger partial charge on any atom is -0.332 e. The molecule has 0 bridgehead atoms. The fourth-order valence-corrected chi connectivity index (χ4v) is 2.11. The second kappa shape index (κ2) is 7.39. The van der Waals surface area contributed by atoms with E-state index in [1.54, 1.807) is 6.92 Å². The van der Waals surface area contributed by atoms with Gasteiger partial charge in [0, 0.05) is 11.6 Å². The zero-order valence-electron chi connectivity index (χ0n) is 12.5. The summed E-state index contributed by atoms with van der Waals surface area (Å²) >= 11 is 0. The van der Waals surface area contributed by atoms with Gasteiger partial charge in [0.25, 0.3) is 5.91 Å². The number of carbonyl (C=O) groups excluding carboxylic acids is 1. The number of nitrogens with two attached hydrogens (primary N) is 1. The van der Waals surface area contributed by atoms with Crippen LogP contribution in [0.4, 0.5) is 27.6 Å². The molecule has 0 aliphatic rings. The number of anilines is 1. The van der Waals surface area contributed by atoms with Crippen molar-refractivity contribution in [3.63, 3.8) is 0 Å². The molecule has 24 heavy (non-hydrogen) atoms. The predicted molar refractivity (Wildman–Crippen MR) is 76.5 cm³/mol. The molecule has 0 radical (unpaired) electrons. The number of hydrogen-bond acceptors (Lipinski definition) is 1. The molecular formula is C16H14F5N2O+. The fraction of sp³-hybridized carbons (Fsp3) is 0.188. The van der Waals surface area contributed by atoms with Crippen LogP contribution in [-0.2, 0) is 4.79 Å². The van der Waals surface area contributed by atoms with Crippen molar-refractivity contribution in [2.45, 2.75) is 13.0 Å². The Kier molecular flexibility index (Phi) is 5.50. The Morgan fingerprint density at radius 2 is 1.75 bits per heavy atom. The Hall–Kier alpha value is -2.48. The third-order valence-electron chi connectivity index (χ3n) is 3.42. The number of amides is 1. The first-order valence-electron chi connectivity index (χ1n) is 7.01. The Bertz CT molecular complexity index is 766. The number of hydrogen-bond donors (Lipinski definition) is 2. The molecule has 0 saturated carbocycles.